The molecule has 98 heavy (non-hydrogen) atoms. The van der Waals surface area contributed by atoms with Gasteiger partial charge in [0.2, 0.25) is 23.3 Å². The summed E-state index contributed by atoms with van der Waals surface area (Å²) in [4.78, 5) is 21.3. The van der Waals surface area contributed by atoms with Gasteiger partial charge in [0.1, 0.15) is 16.2 Å². The number of nitrogens with two attached hydrogens (primary N) is 2. The highest BCUT2D eigenvalue weighted by molar-refractivity contribution is 9.10. The fourth-order valence-electron chi connectivity index (χ4n) is 8.61. The van der Waals surface area contributed by atoms with Gasteiger partial charge in [-0.3, -0.25) is 4.98 Å². The van der Waals surface area contributed by atoms with Gasteiger partial charge in [-0.15, -0.1) is 40.8 Å². The second-order valence-electron chi connectivity index (χ2n) is 25.0. The van der Waals surface area contributed by atoms with Crippen LogP contribution in [0, 0.1) is 0 Å². The molecule has 0 amide bonds. The zero-order valence-corrected chi connectivity index (χ0v) is 62.5. The molecular weight excluding hydrogens is 1480 g/mol. The third-order valence-corrected chi connectivity index (χ3v) is 18.7. The Morgan fingerprint density at radius 2 is 0.786 bits per heavy atom. The number of anilines is 2. The van der Waals surface area contributed by atoms with Crippen LogP contribution in [0.5, 0.6) is 0 Å². The van der Waals surface area contributed by atoms with Gasteiger partial charge in [-0.25, -0.2) is 15.0 Å². The molecule has 3 aliphatic heterocycles. The predicted octanol–water partition coefficient (Wildman–Crippen LogP) is 7.97. The van der Waals surface area contributed by atoms with Crippen LogP contribution in [-0.4, -0.2) is 173 Å². The Kier molecular flexibility index (Phi) is 24.5. The van der Waals surface area contributed by atoms with Crippen molar-refractivity contribution in [2.24, 2.45) is 28.2 Å². The summed E-state index contributed by atoms with van der Waals surface area (Å²) in [6, 6.07) is 21.2. The van der Waals surface area contributed by atoms with Crippen molar-refractivity contribution in [3.05, 3.63) is 127 Å². The number of aromatic nitrogens is 20. The number of benzene rings is 4. The molecule has 0 radical (unpaired) electrons. The van der Waals surface area contributed by atoms with E-state index < -0.39 is 39.5 Å². The van der Waals surface area contributed by atoms with Crippen molar-refractivity contribution in [2.75, 3.05) is 11.5 Å². The van der Waals surface area contributed by atoms with Gasteiger partial charge in [0.15, 0.2) is 0 Å². The Hall–Kier alpha value is -7.02. The molecule has 30 nitrogen and oxygen atoms in total. The van der Waals surface area contributed by atoms with Crippen LogP contribution >= 0.6 is 78.3 Å². The van der Waals surface area contributed by atoms with Crippen LogP contribution in [0.4, 0.5) is 11.6 Å². The third kappa shape index (κ3) is 19.1. The molecule has 0 unspecified atom stereocenters. The first kappa shape index (κ1) is 76.7. The van der Waals surface area contributed by atoms with Crippen LogP contribution in [0.3, 0.4) is 0 Å². The number of nitrogens with zero attached hydrogens (tertiary/aromatic N) is 20. The molecule has 3 aliphatic rings. The van der Waals surface area contributed by atoms with Gasteiger partial charge in [0.05, 0.1) is 102 Å². The molecule has 40 heteroatoms. The lowest BCUT2D eigenvalue weighted by Gasteiger charge is -2.32. The lowest BCUT2D eigenvalue weighted by atomic mass is 9.49. The van der Waals surface area contributed by atoms with Crippen LogP contribution in [0.15, 0.2) is 107 Å². The summed E-state index contributed by atoms with van der Waals surface area (Å²) in [5.41, 5.74) is 14.0. The highest BCUT2D eigenvalue weighted by atomic mass is 79.9. The normalized spacial score (nSPS) is 16.4. The molecule has 13 rings (SSSR count). The molecule has 6 aromatic heterocycles. The van der Waals surface area contributed by atoms with E-state index in [1.54, 1.807) is 70.9 Å². The average molecular weight is 1550 g/mol. The molecule has 0 saturated carbocycles. The molecule has 0 spiro atoms. The molecular formula is C58H70B4Br2Cl4N22O8. The third-order valence-electron chi connectivity index (χ3n) is 16.1. The van der Waals surface area contributed by atoms with Gasteiger partial charge >= 0.3 is 28.3 Å². The van der Waals surface area contributed by atoms with Gasteiger partial charge in [0, 0.05) is 53.3 Å². The predicted molar refractivity (Wildman–Crippen MR) is 382 cm³/mol. The number of aryl methyl sites for hydroxylation is 4. The van der Waals surface area contributed by atoms with Gasteiger partial charge in [-0.1, -0.05) is 46.4 Å². The number of nitrogen functional groups attached to an aromatic ring is 2. The molecule has 4 aromatic carbocycles. The van der Waals surface area contributed by atoms with Crippen LogP contribution in [0.25, 0.3) is 56.8 Å². The minimum absolute atomic E-state index is 0.214. The second kappa shape index (κ2) is 31.3. The maximum atomic E-state index is 9.09. The smallest absolute Gasteiger partial charge is 0.423 e. The van der Waals surface area contributed by atoms with Crippen molar-refractivity contribution in [1.82, 2.24) is 101 Å². The zero-order valence-electron chi connectivity index (χ0n) is 56.3. The van der Waals surface area contributed by atoms with E-state index in [9.17, 15) is 0 Å². The summed E-state index contributed by atoms with van der Waals surface area (Å²) in [5, 5.41) is 67.5. The number of tetrazole rings is 4. The van der Waals surface area contributed by atoms with Gasteiger partial charge in [-0.05, 0) is 209 Å². The molecule has 0 aliphatic carbocycles. The van der Waals surface area contributed by atoms with Crippen LogP contribution < -0.4 is 22.4 Å². The minimum atomic E-state index is -1.62. The lowest BCUT2D eigenvalue weighted by Crippen LogP contribution is -2.41. The highest BCUT2D eigenvalue weighted by Gasteiger charge is 2.64. The van der Waals surface area contributed by atoms with Crippen molar-refractivity contribution < 1.29 is 38.0 Å². The maximum Gasteiger partial charge on any atom is 0.496 e. The maximum absolute atomic E-state index is 9.09. The molecule has 6 N–H and O–H groups in total. The standard InChI is InChI=1S/C14H18BClN4O2.C12H24B2O4.C12H10ClN7.C8H8BClN4O2.C8H6BrClN4.C4H4BrN3/c1-13(2)14(3,4)22-15(21-13)10-8-9(6-7-11(10)16)12-17-19-20(5)18-12;1-9(2)10(3,4)16-13(15-9)14-17-11(5,6)12(7,8)18-14;1-20-18-12(17-19-20)7-2-3-9(13)8(4-7)10-5-16-11(14)6-15-10;1-14-12-8(11-13-14)5-2-3-7(10)6(4-5)9(15)16;1-14-12-8(11-13-14)5-2-3-7(10)6(9)4-5;5-3-1-8-4(6)2-7-3/h6-8H,1-5H3;1-8H3;2-6H,1H3,(H2,14,16);2-4,15-16H,1H3;2-4H,1H3;1-2H,(H2,6,8). The van der Waals surface area contributed by atoms with Crippen molar-refractivity contribution in [2.45, 2.75) is 117 Å². The lowest BCUT2D eigenvalue weighted by molar-refractivity contribution is 0.00578. The average Bonchev–Trinajstić information content (AvgIpc) is 1.60. The van der Waals surface area contributed by atoms with Gasteiger partial charge in [0.25, 0.3) is 0 Å². The Morgan fingerprint density at radius 3 is 1.14 bits per heavy atom. The largest absolute Gasteiger partial charge is 0.496 e. The van der Waals surface area contributed by atoms with Crippen LogP contribution in [0.1, 0.15) is 83.1 Å². The van der Waals surface area contributed by atoms with Gasteiger partial charge in [-0.2, -0.15) is 19.2 Å². The van der Waals surface area contributed by atoms with Crippen LogP contribution in [-0.2, 0) is 56.1 Å². The molecule has 514 valence electrons. The van der Waals surface area contributed by atoms with Crippen molar-refractivity contribution >= 4 is 129 Å². The number of hydrogen-bond donors (Lipinski definition) is 4. The summed E-state index contributed by atoms with van der Waals surface area (Å²) in [5.74, 6) is 2.85. The van der Waals surface area contributed by atoms with Gasteiger partial charge < -0.3 is 49.4 Å². The molecule has 9 heterocycles. The molecule has 3 saturated heterocycles. The minimum Gasteiger partial charge on any atom is -0.423 e. The molecule has 10 aromatic rings. The first-order valence-corrected chi connectivity index (χ1v) is 32.9. The Labute approximate surface area is 603 Å². The van der Waals surface area contributed by atoms with E-state index in [1.807, 2.05) is 119 Å². The summed E-state index contributed by atoms with van der Waals surface area (Å²) in [6.07, 6.45) is 6.10. The van der Waals surface area contributed by atoms with E-state index in [0.717, 1.165) is 32.2 Å². The van der Waals surface area contributed by atoms with E-state index in [1.165, 1.54) is 37.6 Å². The first-order valence-electron chi connectivity index (χ1n) is 29.8. The second-order valence-corrected chi connectivity index (χ2v) is 28.3. The number of rotatable bonds is 8. The van der Waals surface area contributed by atoms with Crippen molar-refractivity contribution in [3.8, 4) is 56.8 Å². The summed E-state index contributed by atoms with van der Waals surface area (Å²) in [7, 11) is 3.71. The fourth-order valence-corrected chi connectivity index (χ4v) is 9.94. The Balaban J connectivity index is 0.000000153. The fraction of sp³-hybridized carbons (Fsp3) is 0.379. The van der Waals surface area contributed by atoms with Crippen LogP contribution in [0.2, 0.25) is 20.1 Å². The Bertz CT molecular complexity index is 4260. The van der Waals surface area contributed by atoms with E-state index in [0.29, 0.717) is 65.9 Å². The first-order chi connectivity index (χ1) is 45.7. The monoisotopic (exact) mass is 1540 g/mol. The summed E-state index contributed by atoms with van der Waals surface area (Å²) in [6.45, 7) is 24.2. The molecule has 3 fully saturated rings. The summed E-state index contributed by atoms with van der Waals surface area (Å²) >= 11 is 30.7. The topological polar surface area (TPSA) is 374 Å². The SMILES string of the molecule is CC1(C)OB(B2OC(C)(C)C(C)(C)O2)OC1(C)C.Cn1nnc(-c2ccc(Cl)c(-c3cnc(N)cn3)c2)n1.Cn1nnc(-c2ccc(Cl)c(B(O)O)c2)n1.Cn1nnc(-c2ccc(Cl)c(B3OC(C)(C)C(C)(C)O3)c2)n1.Cn1nnc(-c2ccc(Cl)c(Br)c2)n1.Nc1cnc(Br)cn1. The highest BCUT2D eigenvalue weighted by Crippen LogP contribution is 2.43. The van der Waals surface area contributed by atoms with E-state index in [4.69, 9.17) is 95.8 Å². The van der Waals surface area contributed by atoms with E-state index in [2.05, 4.69) is 113 Å². The number of hydrogen-bond acceptors (Lipinski definition) is 26. The van der Waals surface area contributed by atoms with E-state index in [-0.39, 0.29) is 32.9 Å². The molecule has 0 bridgehead atoms. The molecule has 0 atom stereocenters. The van der Waals surface area contributed by atoms with E-state index >= 15 is 0 Å². The summed E-state index contributed by atoms with van der Waals surface area (Å²) < 4.78 is 37.5. The van der Waals surface area contributed by atoms with Crippen molar-refractivity contribution in [1.29, 1.82) is 0 Å². The zero-order chi connectivity index (χ0) is 72.0. The van der Waals surface area contributed by atoms with Crippen molar-refractivity contribution in [3.63, 3.8) is 0 Å². The number of halogens is 6. The quantitative estimate of drug-likeness (QED) is 0.105. The Morgan fingerprint density at radius 1 is 0.429 bits per heavy atom.